The molecule has 0 bridgehead atoms. The molecule has 1 unspecified atom stereocenters. The van der Waals surface area contributed by atoms with Crippen LogP contribution in [0.4, 0.5) is 18.9 Å². The number of amides is 1. The van der Waals surface area contributed by atoms with Crippen molar-refractivity contribution < 1.29 is 32.9 Å². The molecule has 1 aromatic rings. The first-order valence-corrected chi connectivity index (χ1v) is 5.90. The van der Waals surface area contributed by atoms with Gasteiger partial charge in [-0.25, -0.2) is 5.06 Å². The number of Topliss-reactive ketones (excluding diaryl/α,β-unsaturated/α-hetero) is 1. The highest BCUT2D eigenvalue weighted by Crippen LogP contribution is 2.24. The topological polar surface area (TPSA) is 101 Å². The van der Waals surface area contributed by atoms with Crippen LogP contribution in [0, 0.1) is 16.0 Å². The number of alkyl halides is 3. The fourth-order valence-electron chi connectivity index (χ4n) is 1.78. The third-order valence-corrected chi connectivity index (χ3v) is 2.81. The molecule has 0 aliphatic carbocycles. The lowest BCUT2D eigenvalue weighted by Gasteiger charge is -2.20. The number of hydrogen-bond donors (Lipinski definition) is 1. The van der Waals surface area contributed by atoms with Gasteiger partial charge in [-0.05, 0) is 12.0 Å². The molecule has 0 aromatic heterocycles. The number of nitro benzene ring substituents is 1. The van der Waals surface area contributed by atoms with E-state index in [2.05, 4.69) is 0 Å². The molecule has 1 amide bonds. The summed E-state index contributed by atoms with van der Waals surface area (Å²) in [6.07, 6.45) is -5.66. The lowest BCUT2D eigenvalue weighted by Crippen LogP contribution is -2.38. The van der Waals surface area contributed by atoms with Crippen LogP contribution in [0.25, 0.3) is 0 Å². The summed E-state index contributed by atoms with van der Waals surface area (Å²) in [6.45, 7) is -0.834. The second kappa shape index (κ2) is 6.98. The Morgan fingerprint density at radius 3 is 2.32 bits per heavy atom. The number of halogens is 3. The molecular formula is C12H11F3N2O5. The highest BCUT2D eigenvalue weighted by atomic mass is 19.4. The number of hydrogen-bond acceptors (Lipinski definition) is 5. The van der Waals surface area contributed by atoms with Crippen LogP contribution in [0.2, 0.25) is 0 Å². The van der Waals surface area contributed by atoms with E-state index in [1.165, 1.54) is 12.1 Å². The molecular weight excluding hydrogens is 309 g/mol. The Labute approximate surface area is 122 Å². The monoisotopic (exact) mass is 320 g/mol. The molecule has 0 saturated carbocycles. The Bertz CT molecular complexity index is 559. The zero-order chi connectivity index (χ0) is 16.9. The minimum absolute atomic E-state index is 0.0559. The number of nitrogens with zero attached hydrogens (tertiary/aromatic N) is 2. The standard InChI is InChI=1S/C12H11F3N2O5/c13-12(14,15)11(19)9(6-16(20)7-18)5-8-1-3-10(4-2-8)17(21)22/h1-4,7,9,20H,5-6H2. The molecule has 0 heterocycles. The maximum absolute atomic E-state index is 12.5. The summed E-state index contributed by atoms with van der Waals surface area (Å²) >= 11 is 0. The van der Waals surface area contributed by atoms with Gasteiger partial charge in [0.1, 0.15) is 0 Å². The Kier molecular flexibility index (Phi) is 5.57. The van der Waals surface area contributed by atoms with Gasteiger partial charge in [-0.2, -0.15) is 13.2 Å². The van der Waals surface area contributed by atoms with Gasteiger partial charge in [0.25, 0.3) is 5.69 Å². The second-order valence-electron chi connectivity index (χ2n) is 4.41. The molecule has 0 aliphatic heterocycles. The van der Waals surface area contributed by atoms with Crippen LogP contribution >= 0.6 is 0 Å². The van der Waals surface area contributed by atoms with Gasteiger partial charge in [-0.15, -0.1) is 0 Å². The minimum Gasteiger partial charge on any atom is -0.289 e. The molecule has 1 atom stereocenters. The summed E-state index contributed by atoms with van der Waals surface area (Å²) in [5.41, 5.74) is -0.0216. The Balaban J connectivity index is 2.94. The van der Waals surface area contributed by atoms with Gasteiger partial charge in [-0.1, -0.05) is 12.1 Å². The SMILES string of the molecule is O=CN(O)CC(Cc1ccc([N+](=O)[O-])cc1)C(=O)C(F)(F)F. The van der Waals surface area contributed by atoms with Crippen LogP contribution in [-0.2, 0) is 16.0 Å². The lowest BCUT2D eigenvalue weighted by atomic mass is 9.94. The first-order chi connectivity index (χ1) is 10.1. The second-order valence-corrected chi connectivity index (χ2v) is 4.41. The Morgan fingerprint density at radius 2 is 1.91 bits per heavy atom. The minimum atomic E-state index is -5.12. The molecule has 1 rings (SSSR count). The molecule has 0 radical (unpaired) electrons. The molecule has 10 heteroatoms. The van der Waals surface area contributed by atoms with Crippen LogP contribution in [0.3, 0.4) is 0 Å². The predicted octanol–water partition coefficient (Wildman–Crippen LogP) is 1.73. The fourth-order valence-corrected chi connectivity index (χ4v) is 1.78. The number of carbonyl (C=O) groups is 2. The highest BCUT2D eigenvalue weighted by Gasteiger charge is 2.43. The number of carbonyl (C=O) groups excluding carboxylic acids is 2. The van der Waals surface area contributed by atoms with Crippen LogP contribution in [0.5, 0.6) is 0 Å². The molecule has 1 aromatic carbocycles. The maximum atomic E-state index is 12.5. The summed E-state index contributed by atoms with van der Waals surface area (Å²) < 4.78 is 37.5. The number of non-ortho nitro benzene ring substituents is 1. The number of ketones is 1. The first-order valence-electron chi connectivity index (χ1n) is 5.90. The van der Waals surface area contributed by atoms with Gasteiger partial charge in [0.05, 0.1) is 17.4 Å². The normalized spacial score (nSPS) is 12.5. The van der Waals surface area contributed by atoms with Crippen molar-refractivity contribution in [3.63, 3.8) is 0 Å². The Morgan fingerprint density at radius 1 is 1.36 bits per heavy atom. The van der Waals surface area contributed by atoms with E-state index >= 15 is 0 Å². The molecule has 1 N–H and O–H groups in total. The number of nitro groups is 1. The zero-order valence-electron chi connectivity index (χ0n) is 11.0. The molecule has 0 aliphatic rings. The Hall–Kier alpha value is -2.49. The van der Waals surface area contributed by atoms with E-state index in [0.29, 0.717) is 0 Å². The van der Waals surface area contributed by atoms with E-state index in [4.69, 9.17) is 5.21 Å². The average Bonchev–Trinajstić information content (AvgIpc) is 2.45. The summed E-state index contributed by atoms with van der Waals surface area (Å²) in [6, 6.07) is 4.58. The quantitative estimate of drug-likeness (QED) is 0.357. The summed E-state index contributed by atoms with van der Waals surface area (Å²) in [7, 11) is 0. The van der Waals surface area contributed by atoms with Gasteiger partial charge in [0, 0.05) is 12.1 Å². The van der Waals surface area contributed by atoms with Gasteiger partial charge >= 0.3 is 6.18 Å². The van der Waals surface area contributed by atoms with Gasteiger partial charge in [0.15, 0.2) is 0 Å². The fraction of sp³-hybridized carbons (Fsp3) is 0.333. The third kappa shape index (κ3) is 4.81. The zero-order valence-corrected chi connectivity index (χ0v) is 11.0. The van der Waals surface area contributed by atoms with E-state index in [1.54, 1.807) is 0 Å². The van der Waals surface area contributed by atoms with Crippen LogP contribution in [0.1, 0.15) is 5.56 Å². The molecule has 7 nitrogen and oxygen atoms in total. The molecule has 0 saturated heterocycles. The van der Waals surface area contributed by atoms with E-state index in [9.17, 15) is 32.9 Å². The van der Waals surface area contributed by atoms with Gasteiger partial charge < -0.3 is 0 Å². The summed E-state index contributed by atoms with van der Waals surface area (Å²) in [5.74, 6) is -3.80. The van der Waals surface area contributed by atoms with Crippen molar-refractivity contribution in [1.82, 2.24) is 5.06 Å². The third-order valence-electron chi connectivity index (χ3n) is 2.81. The van der Waals surface area contributed by atoms with Crippen LogP contribution in [0.15, 0.2) is 24.3 Å². The maximum Gasteiger partial charge on any atom is 0.450 e. The summed E-state index contributed by atoms with van der Waals surface area (Å²) in [4.78, 5) is 31.4. The number of benzene rings is 1. The molecule has 0 spiro atoms. The number of rotatable bonds is 7. The highest BCUT2D eigenvalue weighted by molar-refractivity contribution is 5.87. The van der Waals surface area contributed by atoms with Crippen molar-refractivity contribution in [2.75, 3.05) is 6.54 Å². The summed E-state index contributed by atoms with van der Waals surface area (Å²) in [5, 5.41) is 19.4. The lowest BCUT2D eigenvalue weighted by molar-refractivity contribution is -0.384. The van der Waals surface area contributed by atoms with E-state index in [0.717, 1.165) is 12.1 Å². The molecule has 22 heavy (non-hydrogen) atoms. The molecule has 0 fully saturated rings. The van der Waals surface area contributed by atoms with E-state index in [1.807, 2.05) is 0 Å². The average molecular weight is 320 g/mol. The van der Waals surface area contributed by atoms with Crippen molar-refractivity contribution in [3.05, 3.63) is 39.9 Å². The van der Waals surface area contributed by atoms with Gasteiger partial charge in [-0.3, -0.25) is 24.9 Å². The van der Waals surface area contributed by atoms with Crippen LogP contribution < -0.4 is 0 Å². The van der Waals surface area contributed by atoms with Crippen molar-refractivity contribution in [3.8, 4) is 0 Å². The molecule has 120 valence electrons. The van der Waals surface area contributed by atoms with E-state index < -0.39 is 35.8 Å². The van der Waals surface area contributed by atoms with Crippen LogP contribution in [-0.4, -0.2) is 40.1 Å². The van der Waals surface area contributed by atoms with E-state index in [-0.39, 0.29) is 22.7 Å². The predicted molar refractivity (Wildman–Crippen MR) is 65.9 cm³/mol. The number of hydroxylamine groups is 2. The van der Waals surface area contributed by atoms with Crippen molar-refractivity contribution >= 4 is 17.9 Å². The van der Waals surface area contributed by atoms with Crippen molar-refractivity contribution in [2.24, 2.45) is 5.92 Å². The first kappa shape index (κ1) is 17.6. The smallest absolute Gasteiger partial charge is 0.289 e. The van der Waals surface area contributed by atoms with Crippen molar-refractivity contribution in [1.29, 1.82) is 0 Å². The largest absolute Gasteiger partial charge is 0.450 e. The van der Waals surface area contributed by atoms with Crippen molar-refractivity contribution in [2.45, 2.75) is 12.6 Å². The van der Waals surface area contributed by atoms with Gasteiger partial charge in [0.2, 0.25) is 12.2 Å².